The molecular weight excluding hydrogens is 378 g/mol. The van der Waals surface area contributed by atoms with Gasteiger partial charge in [0.1, 0.15) is 11.5 Å². The summed E-state index contributed by atoms with van der Waals surface area (Å²) < 4.78 is 16.0. The van der Waals surface area contributed by atoms with Gasteiger partial charge in [-0.25, -0.2) is 0 Å². The summed E-state index contributed by atoms with van der Waals surface area (Å²) in [5.74, 6) is 2.18. The zero-order valence-corrected chi connectivity index (χ0v) is 16.5. The Morgan fingerprint density at radius 1 is 1.07 bits per heavy atom. The van der Waals surface area contributed by atoms with Gasteiger partial charge in [-0.2, -0.15) is 0 Å². The lowest BCUT2D eigenvalue weighted by Crippen LogP contribution is -2.11. The van der Waals surface area contributed by atoms with Crippen molar-refractivity contribution < 1.29 is 18.7 Å². The van der Waals surface area contributed by atoms with E-state index in [1.807, 2.05) is 18.2 Å². The average molecular weight is 399 g/mol. The monoisotopic (exact) mass is 399 g/mol. The van der Waals surface area contributed by atoms with E-state index in [4.69, 9.17) is 13.9 Å². The summed E-state index contributed by atoms with van der Waals surface area (Å²) in [5.41, 5.74) is 0.642. The topological polar surface area (TPSA) is 86.5 Å². The lowest BCUT2D eigenvalue weighted by molar-refractivity contribution is -0.116. The van der Waals surface area contributed by atoms with Crippen molar-refractivity contribution >= 4 is 23.7 Å². The summed E-state index contributed by atoms with van der Waals surface area (Å²) in [6.45, 7) is 0. The first-order valence-electron chi connectivity index (χ1n) is 8.72. The van der Waals surface area contributed by atoms with Crippen LogP contribution in [0.25, 0.3) is 11.5 Å². The summed E-state index contributed by atoms with van der Waals surface area (Å²) in [7, 11) is 3.13. The van der Waals surface area contributed by atoms with Gasteiger partial charge in [0.2, 0.25) is 11.8 Å². The van der Waals surface area contributed by atoms with Crippen molar-refractivity contribution in [2.75, 3.05) is 25.3 Å². The Bertz CT molecular complexity index is 893. The number of thioether (sulfide) groups is 1. The number of anilines is 1. The van der Waals surface area contributed by atoms with Gasteiger partial charge in [0.05, 0.1) is 14.2 Å². The minimum atomic E-state index is -0.160. The fourth-order valence-electron chi connectivity index (χ4n) is 2.44. The number of ether oxygens (including phenoxy) is 2. The Balaban J connectivity index is 1.52. The average Bonchev–Trinajstić information content (AvgIpc) is 3.20. The smallest absolute Gasteiger partial charge is 0.322 e. The number of methoxy groups -OCH3 is 2. The summed E-state index contributed by atoms with van der Waals surface area (Å²) in [6.07, 6.45) is 1.13. The van der Waals surface area contributed by atoms with Gasteiger partial charge < -0.3 is 13.9 Å². The van der Waals surface area contributed by atoms with Gasteiger partial charge in [-0.1, -0.05) is 23.3 Å². The van der Waals surface area contributed by atoms with Gasteiger partial charge in [-0.05, 0) is 36.4 Å². The molecule has 0 aliphatic heterocycles. The predicted octanol–water partition coefficient (Wildman–Crippen LogP) is 4.26. The molecule has 0 radical (unpaired) electrons. The summed E-state index contributed by atoms with van der Waals surface area (Å²) in [6, 6.07) is 15.4. The van der Waals surface area contributed by atoms with Gasteiger partial charge >= 0.3 is 6.01 Å². The molecule has 1 heterocycles. The summed E-state index contributed by atoms with van der Waals surface area (Å²) in [5, 5.41) is 10.5. The van der Waals surface area contributed by atoms with Crippen LogP contribution in [0.2, 0.25) is 0 Å². The number of rotatable bonds is 9. The van der Waals surface area contributed by atoms with E-state index in [1.54, 1.807) is 44.2 Å². The van der Waals surface area contributed by atoms with E-state index in [1.165, 1.54) is 4.90 Å². The number of carbonyl (C=O) groups excluding carboxylic acids is 1. The molecule has 0 bridgehead atoms. The molecule has 1 aromatic heterocycles. The Hall–Kier alpha value is -3.00. The van der Waals surface area contributed by atoms with Crippen LogP contribution in [0, 0.1) is 0 Å². The minimum absolute atomic E-state index is 0.0671. The molecule has 0 fully saturated rings. The largest absolute Gasteiger partial charge is 0.497 e. The zero-order chi connectivity index (χ0) is 19.8. The van der Waals surface area contributed by atoms with E-state index in [9.17, 15) is 4.79 Å². The molecule has 0 saturated heterocycles. The van der Waals surface area contributed by atoms with Crippen molar-refractivity contribution in [2.24, 2.45) is 0 Å². The Morgan fingerprint density at radius 2 is 1.79 bits per heavy atom. The van der Waals surface area contributed by atoms with Crippen molar-refractivity contribution in [2.45, 2.75) is 17.7 Å². The first kappa shape index (κ1) is 19.8. The Morgan fingerprint density at radius 3 is 2.46 bits per heavy atom. The van der Waals surface area contributed by atoms with E-state index in [2.05, 4.69) is 27.6 Å². The fraction of sp³-hybridized carbons (Fsp3) is 0.250. The van der Waals surface area contributed by atoms with E-state index in [-0.39, 0.29) is 17.8 Å². The van der Waals surface area contributed by atoms with Crippen LogP contribution < -0.4 is 14.8 Å². The first-order chi connectivity index (χ1) is 13.7. The third-order valence-corrected chi connectivity index (χ3v) is 4.93. The minimum Gasteiger partial charge on any atom is -0.497 e. The van der Waals surface area contributed by atoms with Gasteiger partial charge in [-0.15, -0.1) is 16.9 Å². The van der Waals surface area contributed by atoms with Crippen molar-refractivity contribution in [3.05, 3.63) is 48.5 Å². The lowest BCUT2D eigenvalue weighted by atomic mass is 10.2. The maximum Gasteiger partial charge on any atom is 0.322 e. The summed E-state index contributed by atoms with van der Waals surface area (Å²) >= 11 is 1.72. The van der Waals surface area contributed by atoms with E-state index in [0.717, 1.165) is 12.2 Å². The highest BCUT2D eigenvalue weighted by molar-refractivity contribution is 7.99. The number of nitrogens with zero attached hydrogens (tertiary/aromatic N) is 2. The second kappa shape index (κ2) is 9.80. The molecule has 0 spiro atoms. The van der Waals surface area contributed by atoms with Crippen LogP contribution >= 0.6 is 11.8 Å². The number of amides is 1. The molecule has 3 rings (SSSR count). The number of hydrogen-bond donors (Lipinski definition) is 1. The number of hydrogen-bond acceptors (Lipinski definition) is 7. The quantitative estimate of drug-likeness (QED) is 0.425. The van der Waals surface area contributed by atoms with Crippen molar-refractivity contribution in [3.8, 4) is 23.0 Å². The normalized spacial score (nSPS) is 10.5. The molecule has 0 saturated carbocycles. The third kappa shape index (κ3) is 5.50. The standard InChI is InChI=1S/C20H21N3O4S/c1-25-15-11-14(12-16(13-15)26-2)19-22-23-20(27-19)21-18(24)9-6-10-28-17-7-4-3-5-8-17/h3-5,7-8,11-13H,6,9-10H2,1-2H3,(H,21,23,24). The van der Waals surface area contributed by atoms with Crippen LogP contribution in [0.5, 0.6) is 11.5 Å². The second-order valence-corrected chi connectivity index (χ2v) is 7.00. The number of carbonyl (C=O) groups is 1. The first-order valence-corrected chi connectivity index (χ1v) is 9.71. The van der Waals surface area contributed by atoms with Crippen LogP contribution in [0.1, 0.15) is 12.8 Å². The van der Waals surface area contributed by atoms with E-state index < -0.39 is 0 Å². The maximum absolute atomic E-state index is 12.1. The van der Waals surface area contributed by atoms with Crippen molar-refractivity contribution in [3.63, 3.8) is 0 Å². The molecule has 1 amide bonds. The van der Waals surface area contributed by atoms with Crippen molar-refractivity contribution in [1.82, 2.24) is 10.2 Å². The molecule has 2 aromatic carbocycles. The molecule has 0 aliphatic carbocycles. The third-order valence-electron chi connectivity index (χ3n) is 3.83. The number of aromatic nitrogens is 2. The van der Waals surface area contributed by atoms with Crippen LogP contribution in [0.3, 0.4) is 0 Å². The predicted molar refractivity (Wildman–Crippen MR) is 108 cm³/mol. The lowest BCUT2D eigenvalue weighted by Gasteiger charge is -2.05. The second-order valence-electron chi connectivity index (χ2n) is 5.83. The highest BCUT2D eigenvalue weighted by Crippen LogP contribution is 2.29. The van der Waals surface area contributed by atoms with Gasteiger partial charge in [0.15, 0.2) is 0 Å². The maximum atomic E-state index is 12.1. The SMILES string of the molecule is COc1cc(OC)cc(-c2nnc(NC(=O)CCCSc3ccccc3)o2)c1. The van der Waals surface area contributed by atoms with Crippen molar-refractivity contribution in [1.29, 1.82) is 0 Å². The molecule has 0 aliphatic rings. The van der Waals surface area contributed by atoms with Gasteiger partial charge in [0.25, 0.3) is 0 Å². The number of benzene rings is 2. The highest BCUT2D eigenvalue weighted by atomic mass is 32.2. The molecule has 7 nitrogen and oxygen atoms in total. The van der Waals surface area contributed by atoms with Crippen LogP contribution in [-0.4, -0.2) is 36.1 Å². The Labute approximate surface area is 167 Å². The molecule has 28 heavy (non-hydrogen) atoms. The van der Waals surface area contributed by atoms with Crippen LogP contribution in [-0.2, 0) is 4.79 Å². The summed E-state index contributed by atoms with van der Waals surface area (Å²) in [4.78, 5) is 13.3. The van der Waals surface area contributed by atoms with Gasteiger partial charge in [-0.3, -0.25) is 10.1 Å². The molecule has 8 heteroatoms. The Kier molecular flexibility index (Phi) is 6.91. The molecule has 146 valence electrons. The fourth-order valence-corrected chi connectivity index (χ4v) is 3.32. The zero-order valence-electron chi connectivity index (χ0n) is 15.7. The molecule has 0 atom stereocenters. The molecule has 1 N–H and O–H groups in total. The molecular formula is C20H21N3O4S. The number of nitrogens with one attached hydrogen (secondary N) is 1. The molecule has 0 unspecified atom stereocenters. The van der Waals surface area contributed by atoms with E-state index >= 15 is 0 Å². The highest BCUT2D eigenvalue weighted by Gasteiger charge is 2.13. The molecule has 3 aromatic rings. The van der Waals surface area contributed by atoms with E-state index in [0.29, 0.717) is 23.5 Å². The van der Waals surface area contributed by atoms with Crippen LogP contribution in [0.4, 0.5) is 6.01 Å². The van der Waals surface area contributed by atoms with Crippen LogP contribution in [0.15, 0.2) is 57.8 Å². The van der Waals surface area contributed by atoms with Gasteiger partial charge in [0, 0.05) is 22.9 Å².